The Labute approximate surface area is 144 Å². The van der Waals surface area contributed by atoms with E-state index >= 15 is 0 Å². The van der Waals surface area contributed by atoms with Gasteiger partial charge in [-0.3, -0.25) is 9.10 Å². The van der Waals surface area contributed by atoms with Crippen molar-refractivity contribution in [3.8, 4) is 17.2 Å². The first-order valence-corrected chi connectivity index (χ1v) is 9.08. The van der Waals surface area contributed by atoms with Gasteiger partial charge >= 0.3 is 0 Å². The van der Waals surface area contributed by atoms with Crippen LogP contribution < -0.4 is 18.5 Å². The molecule has 0 bridgehead atoms. The Morgan fingerprint density at radius 3 is 2.68 bits per heavy atom. The number of ether oxygens (including phenoxy) is 3. The number of carbonyl (C=O) groups excluding carboxylic acids is 1. The van der Waals surface area contributed by atoms with Crippen LogP contribution in [0, 0.1) is 0 Å². The Balaban J connectivity index is 1.79. The van der Waals surface area contributed by atoms with Crippen molar-refractivity contribution >= 4 is 21.5 Å². The minimum atomic E-state index is -3.84. The average molecular weight is 361 g/mol. The summed E-state index contributed by atoms with van der Waals surface area (Å²) in [4.78, 5) is 12.3. The lowest BCUT2D eigenvalue weighted by molar-refractivity contribution is 0.0981. The molecule has 0 fully saturated rings. The maximum Gasteiger partial charge on any atom is 0.264 e. The number of carbonyl (C=O) groups is 1. The molecule has 2 aliphatic heterocycles. The van der Waals surface area contributed by atoms with Crippen molar-refractivity contribution in [1.82, 2.24) is 0 Å². The topological polar surface area (TPSA) is 82.1 Å². The van der Waals surface area contributed by atoms with Gasteiger partial charge in [0.15, 0.2) is 17.3 Å². The Bertz CT molecular complexity index is 969. The Morgan fingerprint density at radius 2 is 1.88 bits per heavy atom. The summed E-state index contributed by atoms with van der Waals surface area (Å²) in [6, 6.07) is 9.29. The molecule has 25 heavy (non-hydrogen) atoms. The van der Waals surface area contributed by atoms with Crippen molar-refractivity contribution in [1.29, 1.82) is 0 Å². The van der Waals surface area contributed by atoms with E-state index in [2.05, 4.69) is 0 Å². The minimum Gasteiger partial charge on any atom is -0.497 e. The summed E-state index contributed by atoms with van der Waals surface area (Å²) < 4.78 is 43.1. The molecule has 2 aliphatic rings. The molecule has 0 spiro atoms. The number of rotatable bonds is 3. The molecule has 0 amide bonds. The highest BCUT2D eigenvalue weighted by molar-refractivity contribution is 7.92. The monoisotopic (exact) mass is 361 g/mol. The van der Waals surface area contributed by atoms with Crippen molar-refractivity contribution in [2.24, 2.45) is 0 Å². The predicted molar refractivity (Wildman–Crippen MR) is 89.0 cm³/mol. The lowest BCUT2D eigenvalue weighted by Crippen LogP contribution is -2.37. The van der Waals surface area contributed by atoms with Crippen LogP contribution in [-0.2, 0) is 10.0 Å². The van der Waals surface area contributed by atoms with Crippen molar-refractivity contribution in [3.63, 3.8) is 0 Å². The fourth-order valence-electron chi connectivity index (χ4n) is 2.96. The highest BCUT2D eigenvalue weighted by Crippen LogP contribution is 2.38. The molecule has 0 radical (unpaired) electrons. The summed E-state index contributed by atoms with van der Waals surface area (Å²) in [5, 5.41) is 0. The highest BCUT2D eigenvalue weighted by atomic mass is 32.2. The van der Waals surface area contributed by atoms with Gasteiger partial charge in [-0.2, -0.15) is 0 Å². The van der Waals surface area contributed by atoms with Crippen LogP contribution in [0.3, 0.4) is 0 Å². The Kier molecular flexibility index (Phi) is 3.57. The molecule has 0 saturated carbocycles. The summed E-state index contributed by atoms with van der Waals surface area (Å²) in [5.41, 5.74) is 0.699. The van der Waals surface area contributed by atoms with Crippen molar-refractivity contribution < 1.29 is 27.4 Å². The van der Waals surface area contributed by atoms with Crippen LogP contribution in [0.1, 0.15) is 16.8 Å². The maximum atomic E-state index is 13.1. The zero-order chi connectivity index (χ0) is 17.6. The number of nitrogens with zero attached hydrogens (tertiary/aromatic N) is 1. The molecule has 4 rings (SSSR count). The third-order valence-corrected chi connectivity index (χ3v) is 6.06. The van der Waals surface area contributed by atoms with E-state index in [1.807, 2.05) is 0 Å². The molecule has 0 unspecified atom stereocenters. The molecule has 2 aromatic rings. The molecule has 2 heterocycles. The molecule has 8 heteroatoms. The largest absolute Gasteiger partial charge is 0.497 e. The van der Waals surface area contributed by atoms with Gasteiger partial charge in [0.1, 0.15) is 5.75 Å². The number of benzene rings is 2. The first kappa shape index (κ1) is 15.8. The highest BCUT2D eigenvalue weighted by Gasteiger charge is 2.33. The predicted octanol–water partition coefficient (Wildman–Crippen LogP) is 2.21. The van der Waals surface area contributed by atoms with Gasteiger partial charge in [-0.15, -0.1) is 0 Å². The summed E-state index contributed by atoms with van der Waals surface area (Å²) in [6.45, 7) is 0.161. The molecule has 130 valence electrons. The van der Waals surface area contributed by atoms with Gasteiger partial charge in [0.2, 0.25) is 6.79 Å². The zero-order valence-corrected chi connectivity index (χ0v) is 14.2. The van der Waals surface area contributed by atoms with Gasteiger partial charge in [0.25, 0.3) is 10.0 Å². The van der Waals surface area contributed by atoms with Crippen molar-refractivity contribution in [2.45, 2.75) is 11.3 Å². The van der Waals surface area contributed by atoms with Crippen LogP contribution in [0.4, 0.5) is 5.69 Å². The number of hydrogen-bond donors (Lipinski definition) is 0. The molecule has 0 atom stereocenters. The SMILES string of the molecule is COc1ccc2c(c1)C(=O)CCN2S(=O)(=O)c1ccc2c(c1)OCO2. The van der Waals surface area contributed by atoms with E-state index in [-0.39, 0.29) is 30.4 Å². The summed E-state index contributed by atoms with van der Waals surface area (Å²) in [6.07, 6.45) is 0.115. The normalized spacial score (nSPS) is 15.9. The summed E-state index contributed by atoms with van der Waals surface area (Å²) >= 11 is 0. The quantitative estimate of drug-likeness (QED) is 0.834. The smallest absolute Gasteiger partial charge is 0.264 e. The lowest BCUT2D eigenvalue weighted by Gasteiger charge is -2.30. The second kappa shape index (κ2) is 5.66. The van der Waals surface area contributed by atoms with E-state index in [4.69, 9.17) is 14.2 Å². The van der Waals surface area contributed by atoms with E-state index in [9.17, 15) is 13.2 Å². The number of ketones is 1. The van der Waals surface area contributed by atoms with Gasteiger partial charge in [0, 0.05) is 24.6 Å². The lowest BCUT2D eigenvalue weighted by atomic mass is 10.0. The molecule has 0 aromatic heterocycles. The van der Waals surface area contributed by atoms with Crippen LogP contribution in [0.25, 0.3) is 0 Å². The summed E-state index contributed by atoms with van der Waals surface area (Å²) in [7, 11) is -2.34. The van der Waals surface area contributed by atoms with E-state index in [1.54, 1.807) is 24.3 Å². The maximum absolute atomic E-state index is 13.1. The van der Waals surface area contributed by atoms with Crippen LogP contribution >= 0.6 is 0 Å². The van der Waals surface area contributed by atoms with Gasteiger partial charge in [-0.1, -0.05) is 0 Å². The number of fused-ring (bicyclic) bond motifs is 2. The third kappa shape index (κ3) is 2.49. The van der Waals surface area contributed by atoms with E-state index in [0.717, 1.165) is 0 Å². The Hall–Kier alpha value is -2.74. The molecule has 0 saturated heterocycles. The number of anilines is 1. The first-order chi connectivity index (χ1) is 12.0. The second-order valence-electron chi connectivity index (χ2n) is 5.65. The molecule has 0 N–H and O–H groups in total. The fraction of sp³-hybridized carbons (Fsp3) is 0.235. The van der Waals surface area contributed by atoms with Crippen molar-refractivity contribution in [2.75, 3.05) is 24.8 Å². The van der Waals surface area contributed by atoms with E-state index in [1.165, 1.54) is 23.5 Å². The van der Waals surface area contributed by atoms with Gasteiger partial charge < -0.3 is 14.2 Å². The van der Waals surface area contributed by atoms with Crippen LogP contribution in [0.15, 0.2) is 41.3 Å². The second-order valence-corrected chi connectivity index (χ2v) is 7.51. The van der Waals surface area contributed by atoms with E-state index < -0.39 is 10.0 Å². The Morgan fingerprint density at radius 1 is 1.08 bits per heavy atom. The zero-order valence-electron chi connectivity index (χ0n) is 13.4. The van der Waals surface area contributed by atoms with Crippen LogP contribution in [-0.4, -0.2) is 34.6 Å². The van der Waals surface area contributed by atoms with Gasteiger partial charge in [-0.05, 0) is 30.3 Å². The standard InChI is InChI=1S/C17H15NO6S/c1-22-11-2-4-14-13(8-11)15(19)6-7-18(14)25(20,21)12-3-5-16-17(9-12)24-10-23-16/h2-5,8-9H,6-7,10H2,1H3. The molecule has 7 nitrogen and oxygen atoms in total. The first-order valence-electron chi connectivity index (χ1n) is 7.64. The molecule has 2 aromatic carbocycles. The number of sulfonamides is 1. The van der Waals surface area contributed by atoms with E-state index in [0.29, 0.717) is 28.5 Å². The number of methoxy groups -OCH3 is 1. The van der Waals surface area contributed by atoms with Crippen LogP contribution in [0.5, 0.6) is 17.2 Å². The van der Waals surface area contributed by atoms with Gasteiger partial charge in [0.05, 0.1) is 17.7 Å². The fourth-order valence-corrected chi connectivity index (χ4v) is 4.46. The molecular formula is C17H15NO6S. The minimum absolute atomic E-state index is 0.0691. The van der Waals surface area contributed by atoms with Crippen molar-refractivity contribution in [3.05, 3.63) is 42.0 Å². The third-order valence-electron chi connectivity index (χ3n) is 4.25. The van der Waals surface area contributed by atoms with Crippen LogP contribution in [0.2, 0.25) is 0 Å². The van der Waals surface area contributed by atoms with Gasteiger partial charge in [-0.25, -0.2) is 8.42 Å². The summed E-state index contributed by atoms with van der Waals surface area (Å²) in [5.74, 6) is 1.31. The molecular weight excluding hydrogens is 346 g/mol. The number of hydrogen-bond acceptors (Lipinski definition) is 6. The average Bonchev–Trinajstić information content (AvgIpc) is 3.09. The number of Topliss-reactive ketones (excluding diaryl/α,β-unsaturated/α-hetero) is 1. The molecule has 0 aliphatic carbocycles.